The van der Waals surface area contributed by atoms with Crippen molar-refractivity contribution in [3.8, 4) is 0 Å². The second-order valence-corrected chi connectivity index (χ2v) is 9.24. The van der Waals surface area contributed by atoms with E-state index >= 15 is 0 Å². The second kappa shape index (κ2) is 9.81. The predicted molar refractivity (Wildman–Crippen MR) is 137 cm³/mol. The smallest absolute Gasteiger partial charge is 0.269 e. The van der Waals surface area contributed by atoms with Crippen LogP contribution >= 0.6 is 0 Å². The van der Waals surface area contributed by atoms with Crippen molar-refractivity contribution >= 4 is 23.1 Å². The number of carbonyl (C=O) groups is 2. The molecule has 2 atom stereocenters. The summed E-state index contributed by atoms with van der Waals surface area (Å²) in [5.74, 6) is -1.83. The Morgan fingerprint density at radius 1 is 1.00 bits per heavy atom. The number of carbonyl (C=O) groups excluding carboxylic acids is 2. The van der Waals surface area contributed by atoms with Crippen molar-refractivity contribution in [1.82, 2.24) is 5.32 Å². The molecule has 0 bridgehead atoms. The van der Waals surface area contributed by atoms with Gasteiger partial charge in [0.25, 0.3) is 11.6 Å². The third kappa shape index (κ3) is 4.78. The number of benzene rings is 3. The molecule has 0 aromatic heterocycles. The molecule has 2 N–H and O–H groups in total. The van der Waals surface area contributed by atoms with E-state index < -0.39 is 22.6 Å². The average Bonchev–Trinajstić information content (AvgIpc) is 2.89. The van der Waals surface area contributed by atoms with Gasteiger partial charge in [-0.1, -0.05) is 42.5 Å². The highest BCUT2D eigenvalue weighted by Crippen LogP contribution is 2.46. The number of nitrogens with zero attached hydrogens (tertiary/aromatic N) is 1. The zero-order chi connectivity index (χ0) is 26.1. The van der Waals surface area contributed by atoms with Crippen LogP contribution in [0.5, 0.6) is 0 Å². The maximum absolute atomic E-state index is 13.7. The molecule has 3 aromatic carbocycles. The fourth-order valence-corrected chi connectivity index (χ4v) is 5.18. The fraction of sp³-hybridized carbons (Fsp3) is 0.172. The highest BCUT2D eigenvalue weighted by Gasteiger charge is 2.41. The second-order valence-electron chi connectivity index (χ2n) is 9.24. The minimum Gasteiger partial charge on any atom is -0.362 e. The lowest BCUT2D eigenvalue weighted by atomic mass is 9.71. The largest absolute Gasteiger partial charge is 0.362 e. The molecule has 0 radical (unpaired) electrons. The Bertz CT molecular complexity index is 1460. The summed E-state index contributed by atoms with van der Waals surface area (Å²) in [4.78, 5) is 38.2. The molecule has 5 rings (SSSR count). The van der Waals surface area contributed by atoms with E-state index in [9.17, 15) is 24.1 Å². The van der Waals surface area contributed by atoms with Gasteiger partial charge in [-0.2, -0.15) is 0 Å². The van der Waals surface area contributed by atoms with Gasteiger partial charge in [-0.15, -0.1) is 0 Å². The van der Waals surface area contributed by atoms with Crippen LogP contribution in [0.1, 0.15) is 42.7 Å². The lowest BCUT2D eigenvalue weighted by molar-refractivity contribution is -0.384. The van der Waals surface area contributed by atoms with Crippen LogP contribution in [-0.4, -0.2) is 16.6 Å². The molecular weight excluding hydrogens is 473 g/mol. The van der Waals surface area contributed by atoms with Crippen LogP contribution in [0.3, 0.4) is 0 Å². The number of rotatable bonds is 5. The summed E-state index contributed by atoms with van der Waals surface area (Å²) in [7, 11) is 0. The first-order valence-electron chi connectivity index (χ1n) is 11.9. The Morgan fingerprint density at radius 3 is 2.41 bits per heavy atom. The maximum atomic E-state index is 13.7. The molecule has 1 aliphatic carbocycles. The number of Topliss-reactive ketones (excluding diaryl/α,β-unsaturated/α-hetero) is 1. The molecule has 186 valence electrons. The minimum atomic E-state index is -0.791. The van der Waals surface area contributed by atoms with Crippen molar-refractivity contribution in [2.45, 2.75) is 31.6 Å². The van der Waals surface area contributed by atoms with Gasteiger partial charge in [0.1, 0.15) is 5.82 Å². The number of amides is 1. The molecule has 2 unspecified atom stereocenters. The average molecular weight is 498 g/mol. The molecule has 7 nitrogen and oxygen atoms in total. The molecule has 1 heterocycles. The molecule has 37 heavy (non-hydrogen) atoms. The first kappa shape index (κ1) is 24.1. The summed E-state index contributed by atoms with van der Waals surface area (Å²) < 4.78 is 13.4. The third-order valence-electron chi connectivity index (χ3n) is 6.86. The van der Waals surface area contributed by atoms with Gasteiger partial charge in [0.05, 0.1) is 4.92 Å². The summed E-state index contributed by atoms with van der Waals surface area (Å²) in [5, 5.41) is 17.6. The molecular formula is C29H24FN3O4. The predicted octanol–water partition coefficient (Wildman–Crippen LogP) is 5.73. The zero-order valence-electron chi connectivity index (χ0n) is 20.0. The van der Waals surface area contributed by atoms with E-state index in [1.54, 1.807) is 19.1 Å². The van der Waals surface area contributed by atoms with Crippen LogP contribution in [-0.2, 0) is 9.59 Å². The van der Waals surface area contributed by atoms with Crippen LogP contribution < -0.4 is 10.6 Å². The number of non-ortho nitro benzene ring substituents is 1. The van der Waals surface area contributed by atoms with Crippen molar-refractivity contribution in [2.75, 3.05) is 5.32 Å². The van der Waals surface area contributed by atoms with Gasteiger partial charge in [-0.05, 0) is 54.7 Å². The third-order valence-corrected chi connectivity index (χ3v) is 6.86. The Balaban J connectivity index is 1.59. The lowest BCUT2D eigenvalue weighted by Crippen LogP contribution is -2.37. The van der Waals surface area contributed by atoms with Crippen LogP contribution in [0.15, 0.2) is 101 Å². The Labute approximate surface area is 212 Å². The number of nitro groups is 1. The minimum absolute atomic E-state index is 0.0203. The summed E-state index contributed by atoms with van der Waals surface area (Å²) in [6.45, 7) is 1.75. The van der Waals surface area contributed by atoms with E-state index in [0.29, 0.717) is 28.9 Å². The van der Waals surface area contributed by atoms with E-state index in [1.165, 1.54) is 36.4 Å². The number of anilines is 1. The van der Waals surface area contributed by atoms with Crippen molar-refractivity contribution in [1.29, 1.82) is 0 Å². The monoisotopic (exact) mass is 497 g/mol. The number of halogens is 1. The van der Waals surface area contributed by atoms with Crippen LogP contribution in [0.2, 0.25) is 0 Å². The van der Waals surface area contributed by atoms with E-state index in [1.807, 2.05) is 30.3 Å². The molecule has 1 amide bonds. The van der Waals surface area contributed by atoms with Gasteiger partial charge in [-0.25, -0.2) is 4.39 Å². The first-order chi connectivity index (χ1) is 17.8. The molecule has 2 aliphatic rings. The number of nitrogens with one attached hydrogen (secondary N) is 2. The molecule has 0 saturated heterocycles. The summed E-state index contributed by atoms with van der Waals surface area (Å²) in [6.07, 6.45) is 0.836. The summed E-state index contributed by atoms with van der Waals surface area (Å²) in [5.41, 5.74) is 3.81. The zero-order valence-corrected chi connectivity index (χ0v) is 20.0. The Kier molecular flexibility index (Phi) is 6.40. The maximum Gasteiger partial charge on any atom is 0.269 e. The Morgan fingerprint density at radius 2 is 1.70 bits per heavy atom. The fourth-order valence-electron chi connectivity index (χ4n) is 5.18. The SMILES string of the molecule is CC1=C(C(=O)Nc2ccc(F)cc2)C(c2cccc([N+](=O)[O-])c2)C2=C(CC(c3ccccc3)CC2=O)N1. The Hall–Kier alpha value is -4.59. The topological polar surface area (TPSA) is 101 Å². The highest BCUT2D eigenvalue weighted by atomic mass is 19.1. The molecule has 0 saturated carbocycles. The van der Waals surface area contributed by atoms with E-state index in [2.05, 4.69) is 10.6 Å². The molecule has 3 aromatic rings. The van der Waals surface area contributed by atoms with Crippen LogP contribution in [0.25, 0.3) is 0 Å². The van der Waals surface area contributed by atoms with E-state index in [0.717, 1.165) is 11.3 Å². The number of allylic oxidation sites excluding steroid dienone is 3. The molecule has 8 heteroatoms. The quantitative estimate of drug-likeness (QED) is 0.346. The van der Waals surface area contributed by atoms with Gasteiger partial charge in [0.15, 0.2) is 5.78 Å². The van der Waals surface area contributed by atoms with Gasteiger partial charge in [0.2, 0.25) is 0 Å². The van der Waals surface area contributed by atoms with E-state index in [4.69, 9.17) is 0 Å². The van der Waals surface area contributed by atoms with Crippen molar-refractivity contribution in [3.05, 3.63) is 128 Å². The lowest BCUT2D eigenvalue weighted by Gasteiger charge is -2.37. The number of ketones is 1. The van der Waals surface area contributed by atoms with Gasteiger partial charge >= 0.3 is 0 Å². The first-order valence-corrected chi connectivity index (χ1v) is 11.9. The van der Waals surface area contributed by atoms with Gasteiger partial charge in [0, 0.05) is 52.7 Å². The number of nitro benzene ring substituents is 1. The van der Waals surface area contributed by atoms with Gasteiger partial charge in [-0.3, -0.25) is 19.7 Å². The molecule has 0 fully saturated rings. The van der Waals surface area contributed by atoms with E-state index in [-0.39, 0.29) is 29.4 Å². The number of dihydropyridines is 1. The number of hydrogen-bond acceptors (Lipinski definition) is 5. The van der Waals surface area contributed by atoms with Crippen LogP contribution in [0, 0.1) is 15.9 Å². The van der Waals surface area contributed by atoms with Crippen LogP contribution in [0.4, 0.5) is 15.8 Å². The van der Waals surface area contributed by atoms with Crippen molar-refractivity contribution in [2.24, 2.45) is 0 Å². The van der Waals surface area contributed by atoms with Crippen molar-refractivity contribution in [3.63, 3.8) is 0 Å². The van der Waals surface area contributed by atoms with Gasteiger partial charge < -0.3 is 10.6 Å². The molecule has 1 aliphatic heterocycles. The highest BCUT2D eigenvalue weighted by molar-refractivity contribution is 6.10. The molecule has 0 spiro atoms. The normalized spacial score (nSPS) is 19.2. The summed E-state index contributed by atoms with van der Waals surface area (Å²) in [6, 6.07) is 21.2. The van der Waals surface area contributed by atoms with Crippen molar-refractivity contribution < 1.29 is 18.9 Å². The number of hydrogen-bond donors (Lipinski definition) is 2. The summed E-state index contributed by atoms with van der Waals surface area (Å²) >= 11 is 0. The standard InChI is InChI=1S/C29H24FN3O4/c1-17-26(29(35)32-22-12-10-21(30)11-13-22)27(19-8-5-9-23(14-19)33(36)37)28-24(31-17)15-20(16-25(28)34)18-6-3-2-4-7-18/h2-14,20,27,31H,15-16H2,1H3,(H,32,35).